The zero-order chi connectivity index (χ0) is 12.6. The van der Waals surface area contributed by atoms with Crippen LogP contribution in [-0.4, -0.2) is 11.6 Å². The standard InChI is InChI=1S/C14H16N2OS/c1-14(7-2-8-17-14)13-16-12(9-18-13)10-3-5-11(15)6-4-10/h3-6,9H,2,7-8,15H2,1H3. The van der Waals surface area contributed by atoms with Crippen LogP contribution in [0.15, 0.2) is 29.6 Å². The Morgan fingerprint density at radius 1 is 1.33 bits per heavy atom. The molecule has 1 fully saturated rings. The summed E-state index contributed by atoms with van der Waals surface area (Å²) in [6, 6.07) is 7.82. The lowest BCUT2D eigenvalue weighted by molar-refractivity contribution is 0.0167. The molecule has 1 aromatic carbocycles. The molecule has 1 saturated heterocycles. The summed E-state index contributed by atoms with van der Waals surface area (Å²) in [5.74, 6) is 0. The number of hydrogen-bond donors (Lipinski definition) is 1. The number of nitrogens with two attached hydrogens (primary N) is 1. The van der Waals surface area contributed by atoms with E-state index in [1.165, 1.54) is 0 Å². The Kier molecular flexibility index (Phi) is 2.84. The lowest BCUT2D eigenvalue weighted by Crippen LogP contribution is -2.19. The van der Waals surface area contributed by atoms with Gasteiger partial charge < -0.3 is 10.5 Å². The van der Waals surface area contributed by atoms with Gasteiger partial charge in [-0.3, -0.25) is 0 Å². The fourth-order valence-electron chi connectivity index (χ4n) is 2.25. The number of hydrogen-bond acceptors (Lipinski definition) is 4. The average Bonchev–Trinajstić information content (AvgIpc) is 2.99. The molecule has 0 spiro atoms. The molecule has 0 amide bonds. The molecule has 2 N–H and O–H groups in total. The zero-order valence-electron chi connectivity index (χ0n) is 10.3. The van der Waals surface area contributed by atoms with E-state index in [0.717, 1.165) is 41.4 Å². The van der Waals surface area contributed by atoms with Crippen molar-refractivity contribution in [3.63, 3.8) is 0 Å². The summed E-state index contributed by atoms with van der Waals surface area (Å²) in [5.41, 5.74) is 8.40. The summed E-state index contributed by atoms with van der Waals surface area (Å²) in [6.45, 7) is 2.97. The lowest BCUT2D eigenvalue weighted by atomic mass is 10.0. The van der Waals surface area contributed by atoms with Crippen LogP contribution >= 0.6 is 11.3 Å². The molecular weight excluding hydrogens is 244 g/mol. The molecule has 0 aliphatic carbocycles. The molecule has 1 aliphatic rings. The Labute approximate surface area is 111 Å². The molecule has 18 heavy (non-hydrogen) atoms. The second-order valence-electron chi connectivity index (χ2n) is 4.84. The van der Waals surface area contributed by atoms with E-state index in [4.69, 9.17) is 15.5 Å². The normalized spacial score (nSPS) is 23.4. The number of anilines is 1. The molecule has 1 atom stereocenters. The minimum absolute atomic E-state index is 0.184. The van der Waals surface area contributed by atoms with E-state index in [9.17, 15) is 0 Å². The van der Waals surface area contributed by atoms with Gasteiger partial charge >= 0.3 is 0 Å². The van der Waals surface area contributed by atoms with Crippen molar-refractivity contribution in [2.45, 2.75) is 25.4 Å². The van der Waals surface area contributed by atoms with Gasteiger partial charge in [0.15, 0.2) is 0 Å². The van der Waals surface area contributed by atoms with Gasteiger partial charge in [0.2, 0.25) is 0 Å². The summed E-state index contributed by atoms with van der Waals surface area (Å²) in [6.07, 6.45) is 2.18. The molecule has 1 aliphatic heterocycles. The number of ether oxygens (including phenoxy) is 1. The van der Waals surface area contributed by atoms with Crippen molar-refractivity contribution in [1.29, 1.82) is 0 Å². The van der Waals surface area contributed by atoms with Crippen LogP contribution in [-0.2, 0) is 10.3 Å². The van der Waals surface area contributed by atoms with E-state index in [1.807, 2.05) is 24.3 Å². The molecule has 3 rings (SSSR count). The molecule has 4 heteroatoms. The maximum atomic E-state index is 5.82. The topological polar surface area (TPSA) is 48.1 Å². The quantitative estimate of drug-likeness (QED) is 0.842. The Morgan fingerprint density at radius 2 is 2.11 bits per heavy atom. The average molecular weight is 260 g/mol. The molecule has 1 aromatic heterocycles. The van der Waals surface area contributed by atoms with Gasteiger partial charge in [-0.1, -0.05) is 12.1 Å². The maximum absolute atomic E-state index is 5.82. The van der Waals surface area contributed by atoms with Gasteiger partial charge in [-0.15, -0.1) is 11.3 Å². The Morgan fingerprint density at radius 3 is 2.78 bits per heavy atom. The number of rotatable bonds is 2. The molecule has 0 bridgehead atoms. The monoisotopic (exact) mass is 260 g/mol. The molecular formula is C14H16N2OS. The first kappa shape index (κ1) is 11.7. The van der Waals surface area contributed by atoms with E-state index in [0.29, 0.717) is 0 Å². The number of thiazole rings is 1. The molecule has 2 heterocycles. The molecule has 0 saturated carbocycles. The first-order valence-corrected chi connectivity index (χ1v) is 7.01. The van der Waals surface area contributed by atoms with Crippen molar-refractivity contribution in [3.05, 3.63) is 34.7 Å². The highest BCUT2D eigenvalue weighted by Gasteiger charge is 2.34. The second-order valence-corrected chi connectivity index (χ2v) is 5.70. The first-order valence-electron chi connectivity index (χ1n) is 6.13. The molecule has 3 nitrogen and oxygen atoms in total. The predicted molar refractivity (Wildman–Crippen MR) is 74.5 cm³/mol. The lowest BCUT2D eigenvalue weighted by Gasteiger charge is -2.19. The SMILES string of the molecule is CC1(c2nc(-c3ccc(N)cc3)cs2)CCCO1. The van der Waals surface area contributed by atoms with Crippen LogP contribution < -0.4 is 5.73 Å². The summed E-state index contributed by atoms with van der Waals surface area (Å²) >= 11 is 1.68. The van der Waals surface area contributed by atoms with Gasteiger partial charge in [-0.05, 0) is 31.9 Å². The second kappa shape index (κ2) is 4.37. The number of nitrogen functional groups attached to an aromatic ring is 1. The van der Waals surface area contributed by atoms with Gasteiger partial charge in [0.25, 0.3) is 0 Å². The van der Waals surface area contributed by atoms with Gasteiger partial charge in [0, 0.05) is 23.2 Å². The largest absolute Gasteiger partial charge is 0.399 e. The summed E-state index contributed by atoms with van der Waals surface area (Å²) in [5, 5.41) is 3.17. The van der Waals surface area contributed by atoms with Crippen LogP contribution in [0.3, 0.4) is 0 Å². The Balaban J connectivity index is 1.91. The third kappa shape index (κ3) is 2.02. The van der Waals surface area contributed by atoms with E-state index in [1.54, 1.807) is 11.3 Å². The fourth-order valence-corrected chi connectivity index (χ4v) is 3.22. The van der Waals surface area contributed by atoms with Crippen LogP contribution in [0.25, 0.3) is 11.3 Å². The predicted octanol–water partition coefficient (Wildman–Crippen LogP) is 3.42. The van der Waals surface area contributed by atoms with E-state index < -0.39 is 0 Å². The third-order valence-corrected chi connectivity index (χ3v) is 4.47. The Bertz CT molecular complexity index is 541. The van der Waals surface area contributed by atoms with Gasteiger partial charge in [0.05, 0.1) is 5.69 Å². The molecule has 2 aromatic rings. The minimum atomic E-state index is -0.184. The summed E-state index contributed by atoms with van der Waals surface area (Å²) < 4.78 is 5.82. The van der Waals surface area contributed by atoms with Crippen LogP contribution in [0.4, 0.5) is 5.69 Å². The van der Waals surface area contributed by atoms with Crippen LogP contribution in [0, 0.1) is 0 Å². The number of nitrogens with zero attached hydrogens (tertiary/aromatic N) is 1. The first-order chi connectivity index (χ1) is 8.67. The Hall–Kier alpha value is -1.39. The van der Waals surface area contributed by atoms with Crippen molar-refractivity contribution in [2.24, 2.45) is 0 Å². The van der Waals surface area contributed by atoms with E-state index in [2.05, 4.69) is 12.3 Å². The van der Waals surface area contributed by atoms with E-state index in [-0.39, 0.29) is 5.60 Å². The minimum Gasteiger partial charge on any atom is -0.399 e. The van der Waals surface area contributed by atoms with Crippen LogP contribution in [0.5, 0.6) is 0 Å². The van der Waals surface area contributed by atoms with Crippen molar-refractivity contribution in [3.8, 4) is 11.3 Å². The highest BCUT2D eigenvalue weighted by Crippen LogP contribution is 2.38. The van der Waals surface area contributed by atoms with Crippen molar-refractivity contribution in [2.75, 3.05) is 12.3 Å². The molecule has 94 valence electrons. The van der Waals surface area contributed by atoms with Crippen molar-refractivity contribution >= 4 is 17.0 Å². The zero-order valence-corrected chi connectivity index (χ0v) is 11.2. The summed E-state index contributed by atoms with van der Waals surface area (Å²) in [4.78, 5) is 4.72. The van der Waals surface area contributed by atoms with Gasteiger partial charge in [-0.25, -0.2) is 4.98 Å². The van der Waals surface area contributed by atoms with E-state index >= 15 is 0 Å². The highest BCUT2D eigenvalue weighted by molar-refractivity contribution is 7.10. The van der Waals surface area contributed by atoms with Gasteiger partial charge in [0.1, 0.15) is 10.6 Å². The fraction of sp³-hybridized carbons (Fsp3) is 0.357. The van der Waals surface area contributed by atoms with Crippen molar-refractivity contribution < 1.29 is 4.74 Å². The maximum Gasteiger partial charge on any atom is 0.125 e. The number of aromatic nitrogens is 1. The molecule has 1 unspecified atom stereocenters. The molecule has 0 radical (unpaired) electrons. The highest BCUT2D eigenvalue weighted by atomic mass is 32.1. The third-order valence-electron chi connectivity index (χ3n) is 3.38. The van der Waals surface area contributed by atoms with Crippen molar-refractivity contribution in [1.82, 2.24) is 4.98 Å². The number of benzene rings is 1. The van der Waals surface area contributed by atoms with Crippen LogP contribution in [0.1, 0.15) is 24.8 Å². The van der Waals surface area contributed by atoms with Crippen LogP contribution in [0.2, 0.25) is 0 Å². The summed E-state index contributed by atoms with van der Waals surface area (Å²) in [7, 11) is 0. The van der Waals surface area contributed by atoms with Gasteiger partial charge in [-0.2, -0.15) is 0 Å². The smallest absolute Gasteiger partial charge is 0.125 e.